The lowest BCUT2D eigenvalue weighted by Crippen LogP contribution is -2.42. The molecule has 1 saturated heterocycles. The number of hydrogen-bond donors (Lipinski definition) is 1. The fraction of sp³-hybridized carbons (Fsp3) is 0.556. The topological polar surface area (TPSA) is 66.8 Å². The van der Waals surface area contributed by atoms with Gasteiger partial charge in [-0.05, 0) is 31.2 Å². The highest BCUT2D eigenvalue weighted by molar-refractivity contribution is 5.87. The summed E-state index contributed by atoms with van der Waals surface area (Å²) in [5.41, 5.74) is -0.102. The maximum absolute atomic E-state index is 12.9. The van der Waals surface area contributed by atoms with Gasteiger partial charge in [-0.15, -0.1) is 0 Å². The lowest BCUT2D eigenvalue weighted by molar-refractivity contribution is -0.152. The normalized spacial score (nSPS) is 25.3. The number of carbonyl (C=O) groups excluding carboxylic acids is 1. The van der Waals surface area contributed by atoms with E-state index >= 15 is 0 Å². The Bertz CT molecular complexity index is 596. The molecule has 0 aromatic heterocycles. The number of ether oxygens (including phenoxy) is 1. The molecule has 0 radical (unpaired) electrons. The van der Waals surface area contributed by atoms with Gasteiger partial charge in [0.05, 0.1) is 12.0 Å². The summed E-state index contributed by atoms with van der Waals surface area (Å²) >= 11 is 0. The van der Waals surface area contributed by atoms with E-state index in [1.54, 1.807) is 4.90 Å². The number of carboxylic acid groups (broad SMARTS) is 1. The number of carbonyl (C=O) groups is 2. The van der Waals surface area contributed by atoms with Crippen LogP contribution in [0.2, 0.25) is 0 Å². The first kappa shape index (κ1) is 16.0. The second-order valence-corrected chi connectivity index (χ2v) is 6.94. The van der Waals surface area contributed by atoms with Gasteiger partial charge < -0.3 is 14.7 Å². The zero-order valence-corrected chi connectivity index (χ0v) is 13.5. The third kappa shape index (κ3) is 2.98. The smallest absolute Gasteiger partial charge is 0.313 e. The predicted octanol–water partition coefficient (Wildman–Crippen LogP) is 1.96. The van der Waals surface area contributed by atoms with Gasteiger partial charge >= 0.3 is 5.97 Å². The van der Waals surface area contributed by atoms with E-state index in [1.165, 1.54) is 12.7 Å². The number of likely N-dealkylation sites (tertiary alicyclic amines) is 1. The Kier molecular flexibility index (Phi) is 4.15. The summed E-state index contributed by atoms with van der Waals surface area (Å²) in [6, 6.07) is 10.0. The van der Waals surface area contributed by atoms with Gasteiger partial charge in [0.1, 0.15) is 5.41 Å². The maximum Gasteiger partial charge on any atom is 0.313 e. The Labute approximate surface area is 136 Å². The van der Waals surface area contributed by atoms with Crippen molar-refractivity contribution in [2.75, 3.05) is 26.8 Å². The fourth-order valence-electron chi connectivity index (χ4n) is 3.62. The van der Waals surface area contributed by atoms with Crippen molar-refractivity contribution in [2.45, 2.75) is 25.7 Å². The quantitative estimate of drug-likeness (QED) is 0.871. The molecule has 23 heavy (non-hydrogen) atoms. The van der Waals surface area contributed by atoms with Crippen molar-refractivity contribution in [3.8, 4) is 0 Å². The summed E-state index contributed by atoms with van der Waals surface area (Å²) in [4.78, 5) is 26.3. The van der Waals surface area contributed by atoms with Crippen molar-refractivity contribution in [1.29, 1.82) is 0 Å². The molecule has 0 bridgehead atoms. The highest BCUT2D eigenvalue weighted by Gasteiger charge is 2.55. The number of benzene rings is 1. The van der Waals surface area contributed by atoms with E-state index in [4.69, 9.17) is 4.74 Å². The van der Waals surface area contributed by atoms with Crippen LogP contribution in [0, 0.1) is 10.8 Å². The highest BCUT2D eigenvalue weighted by Crippen LogP contribution is 2.51. The molecular formula is C18H23NO4. The van der Waals surface area contributed by atoms with Gasteiger partial charge in [0.25, 0.3) is 0 Å². The van der Waals surface area contributed by atoms with Crippen LogP contribution in [0.1, 0.15) is 24.8 Å². The molecule has 2 fully saturated rings. The molecule has 1 N–H and O–H groups in total. The Hall–Kier alpha value is -1.88. The number of aliphatic carboxylic acids is 1. The number of amides is 1. The molecule has 124 valence electrons. The lowest BCUT2D eigenvalue weighted by Gasteiger charge is -2.26. The minimum Gasteiger partial charge on any atom is -0.481 e. The molecule has 1 aliphatic carbocycles. The molecule has 5 heteroatoms. The molecule has 2 aliphatic rings. The van der Waals surface area contributed by atoms with E-state index < -0.39 is 11.4 Å². The van der Waals surface area contributed by atoms with Crippen molar-refractivity contribution in [3.05, 3.63) is 35.9 Å². The van der Waals surface area contributed by atoms with Crippen LogP contribution in [-0.4, -0.2) is 48.7 Å². The Morgan fingerprint density at radius 1 is 1.17 bits per heavy atom. The third-order valence-corrected chi connectivity index (χ3v) is 5.21. The van der Waals surface area contributed by atoms with Crippen LogP contribution < -0.4 is 0 Å². The summed E-state index contributed by atoms with van der Waals surface area (Å²) < 4.78 is 5.10. The molecule has 1 unspecified atom stereocenters. The highest BCUT2D eigenvalue weighted by atomic mass is 16.5. The van der Waals surface area contributed by atoms with Gasteiger partial charge in [-0.25, -0.2) is 0 Å². The van der Waals surface area contributed by atoms with Crippen LogP contribution in [0.3, 0.4) is 0 Å². The number of methoxy groups -OCH3 is 1. The monoisotopic (exact) mass is 317 g/mol. The summed E-state index contributed by atoms with van der Waals surface area (Å²) in [6.07, 6.45) is 2.99. The molecule has 1 amide bonds. The summed E-state index contributed by atoms with van der Waals surface area (Å²) in [7, 11) is 1.51. The number of rotatable bonds is 6. The van der Waals surface area contributed by atoms with E-state index in [0.717, 1.165) is 19.3 Å². The minimum absolute atomic E-state index is 0.112. The first-order valence-corrected chi connectivity index (χ1v) is 8.07. The molecule has 1 aromatic rings. The first-order valence-electron chi connectivity index (χ1n) is 8.07. The van der Waals surface area contributed by atoms with Crippen molar-refractivity contribution < 1.29 is 19.4 Å². The fourth-order valence-corrected chi connectivity index (χ4v) is 3.62. The van der Waals surface area contributed by atoms with Crippen LogP contribution >= 0.6 is 0 Å². The van der Waals surface area contributed by atoms with Gasteiger partial charge in [-0.3, -0.25) is 9.59 Å². The average molecular weight is 317 g/mol. The Balaban J connectivity index is 1.70. The van der Waals surface area contributed by atoms with Crippen LogP contribution in [0.15, 0.2) is 30.3 Å². The largest absolute Gasteiger partial charge is 0.481 e. The molecule has 5 nitrogen and oxygen atoms in total. The third-order valence-electron chi connectivity index (χ3n) is 5.21. The molecule has 1 aliphatic heterocycles. The van der Waals surface area contributed by atoms with Crippen molar-refractivity contribution >= 4 is 11.9 Å². The summed E-state index contributed by atoms with van der Waals surface area (Å²) in [5.74, 6) is -0.761. The van der Waals surface area contributed by atoms with Gasteiger partial charge in [0.2, 0.25) is 5.91 Å². The molecular weight excluding hydrogens is 294 g/mol. The molecule has 1 aromatic carbocycles. The zero-order valence-electron chi connectivity index (χ0n) is 13.5. The standard InChI is InChI=1S/C18H23NO4/c1-23-13-18(16(21)22)9-10-19(12-18)15(20)17(7-8-17)11-14-5-3-2-4-6-14/h2-6H,7-13H2,1H3,(H,21,22). The van der Waals surface area contributed by atoms with E-state index in [0.29, 0.717) is 13.0 Å². The van der Waals surface area contributed by atoms with Crippen molar-refractivity contribution in [3.63, 3.8) is 0 Å². The summed E-state index contributed by atoms with van der Waals surface area (Å²) in [5, 5.41) is 9.53. The molecule has 3 rings (SSSR count). The second kappa shape index (κ2) is 5.96. The van der Waals surface area contributed by atoms with E-state index in [2.05, 4.69) is 0 Å². The van der Waals surface area contributed by atoms with Crippen LogP contribution in [0.25, 0.3) is 0 Å². The van der Waals surface area contributed by atoms with Crippen LogP contribution in [0.5, 0.6) is 0 Å². The molecule has 1 atom stereocenters. The number of nitrogens with zero attached hydrogens (tertiary/aromatic N) is 1. The zero-order chi connectivity index (χ0) is 16.5. The van der Waals surface area contributed by atoms with E-state index in [9.17, 15) is 14.7 Å². The first-order chi connectivity index (χ1) is 11.0. The van der Waals surface area contributed by atoms with Gasteiger partial charge in [-0.1, -0.05) is 30.3 Å². The van der Waals surface area contributed by atoms with Crippen LogP contribution in [-0.2, 0) is 20.7 Å². The number of hydrogen-bond acceptors (Lipinski definition) is 3. The second-order valence-electron chi connectivity index (χ2n) is 6.94. The van der Waals surface area contributed by atoms with Crippen molar-refractivity contribution in [1.82, 2.24) is 4.90 Å². The lowest BCUT2D eigenvalue weighted by atomic mass is 9.88. The van der Waals surface area contributed by atoms with Crippen molar-refractivity contribution in [2.24, 2.45) is 10.8 Å². The number of carboxylic acids is 1. The Morgan fingerprint density at radius 3 is 2.43 bits per heavy atom. The summed E-state index contributed by atoms with van der Waals surface area (Å²) in [6.45, 7) is 0.911. The Morgan fingerprint density at radius 2 is 1.87 bits per heavy atom. The molecule has 1 heterocycles. The van der Waals surface area contributed by atoms with E-state index in [1.807, 2.05) is 30.3 Å². The average Bonchev–Trinajstić information content (AvgIpc) is 3.19. The van der Waals surface area contributed by atoms with Crippen LogP contribution in [0.4, 0.5) is 0 Å². The maximum atomic E-state index is 12.9. The molecule has 0 spiro atoms. The van der Waals surface area contributed by atoms with Gasteiger partial charge in [0, 0.05) is 20.2 Å². The predicted molar refractivity (Wildman–Crippen MR) is 85.0 cm³/mol. The minimum atomic E-state index is -0.951. The van der Waals surface area contributed by atoms with Gasteiger partial charge in [-0.2, -0.15) is 0 Å². The SMILES string of the molecule is COCC1(C(=O)O)CCN(C(=O)C2(Cc3ccccc3)CC2)C1. The van der Waals surface area contributed by atoms with Gasteiger partial charge in [0.15, 0.2) is 0 Å². The molecule has 1 saturated carbocycles. The van der Waals surface area contributed by atoms with E-state index in [-0.39, 0.29) is 24.5 Å².